The van der Waals surface area contributed by atoms with Gasteiger partial charge in [0.1, 0.15) is 5.75 Å². The van der Waals surface area contributed by atoms with E-state index in [1.54, 1.807) is 30.7 Å². The summed E-state index contributed by atoms with van der Waals surface area (Å²) >= 11 is 0. The fourth-order valence-corrected chi connectivity index (χ4v) is 5.13. The van der Waals surface area contributed by atoms with E-state index in [9.17, 15) is 5.11 Å². The molecule has 0 spiro atoms. The molecule has 8 heteroatoms. The number of phenols is 1. The van der Waals surface area contributed by atoms with Crippen molar-refractivity contribution >= 4 is 11.3 Å². The Hall–Kier alpha value is -3.52. The standard InChI is InChI=1S/C26H35N7O/c1-25(2)13-18(14-26(3,4)31-25)32(5)23(28)9-8-20(27)19-7-6-17(12-22(19)34)21-15-30-24-16-29-10-11-33(21)24/h6-12,15-16,18,31,34H,13-14,27-28H2,1-5H3/b20-8-,23-9+. The molecule has 1 aliphatic heterocycles. The van der Waals surface area contributed by atoms with E-state index >= 15 is 0 Å². The number of nitrogens with one attached hydrogen (secondary N) is 1. The molecule has 1 fully saturated rings. The molecule has 0 saturated carbocycles. The predicted octanol–water partition coefficient (Wildman–Crippen LogP) is 3.44. The molecule has 0 bridgehead atoms. The number of piperidine rings is 1. The Morgan fingerprint density at radius 2 is 1.85 bits per heavy atom. The van der Waals surface area contributed by atoms with Gasteiger partial charge in [-0.3, -0.25) is 9.38 Å². The van der Waals surface area contributed by atoms with Crippen molar-refractivity contribution in [2.45, 2.75) is 57.7 Å². The van der Waals surface area contributed by atoms with Crippen molar-refractivity contribution in [2.24, 2.45) is 11.5 Å². The zero-order valence-electron chi connectivity index (χ0n) is 20.6. The Morgan fingerprint density at radius 1 is 1.15 bits per heavy atom. The number of aromatic nitrogens is 3. The van der Waals surface area contributed by atoms with Gasteiger partial charge in [0.25, 0.3) is 0 Å². The summed E-state index contributed by atoms with van der Waals surface area (Å²) in [4.78, 5) is 10.6. The average molecular weight is 462 g/mol. The molecule has 1 aliphatic rings. The van der Waals surface area contributed by atoms with Gasteiger partial charge in [-0.05, 0) is 64.8 Å². The maximum atomic E-state index is 10.7. The molecular formula is C26H35N7O. The third-order valence-corrected chi connectivity index (χ3v) is 6.48. The van der Waals surface area contributed by atoms with Crippen molar-refractivity contribution in [3.8, 4) is 17.0 Å². The van der Waals surface area contributed by atoms with Crippen LogP contribution < -0.4 is 16.8 Å². The number of benzene rings is 1. The van der Waals surface area contributed by atoms with Gasteiger partial charge in [-0.15, -0.1) is 0 Å². The van der Waals surface area contributed by atoms with E-state index in [4.69, 9.17) is 11.5 Å². The van der Waals surface area contributed by atoms with Gasteiger partial charge < -0.3 is 26.8 Å². The number of phenolic OH excluding ortho intramolecular Hbond substituents is 1. The molecule has 0 atom stereocenters. The molecule has 180 valence electrons. The Labute approximate surface area is 201 Å². The molecule has 0 aliphatic carbocycles. The number of rotatable bonds is 5. The third kappa shape index (κ3) is 4.87. The number of imidazole rings is 1. The maximum absolute atomic E-state index is 10.7. The highest BCUT2D eigenvalue weighted by Gasteiger charge is 2.39. The number of allylic oxidation sites excluding steroid dienone is 2. The zero-order valence-corrected chi connectivity index (χ0v) is 20.6. The predicted molar refractivity (Wildman–Crippen MR) is 137 cm³/mol. The van der Waals surface area contributed by atoms with E-state index in [0.29, 0.717) is 23.1 Å². The quantitative estimate of drug-likeness (QED) is 0.430. The van der Waals surface area contributed by atoms with Crippen LogP contribution in [-0.2, 0) is 0 Å². The highest BCUT2D eigenvalue weighted by Crippen LogP contribution is 2.32. The van der Waals surface area contributed by atoms with E-state index < -0.39 is 0 Å². The lowest BCUT2D eigenvalue weighted by Gasteiger charge is -2.49. The number of nitrogens with zero attached hydrogens (tertiary/aromatic N) is 4. The molecule has 3 aromatic rings. The summed E-state index contributed by atoms with van der Waals surface area (Å²) in [5.41, 5.74) is 16.2. The van der Waals surface area contributed by atoms with Gasteiger partial charge >= 0.3 is 0 Å². The van der Waals surface area contributed by atoms with E-state index in [1.807, 2.05) is 35.9 Å². The monoisotopic (exact) mass is 461 g/mol. The van der Waals surface area contributed by atoms with Gasteiger partial charge in [-0.2, -0.15) is 0 Å². The van der Waals surface area contributed by atoms with Crippen molar-refractivity contribution in [2.75, 3.05) is 7.05 Å². The molecular weight excluding hydrogens is 426 g/mol. The van der Waals surface area contributed by atoms with E-state index in [2.05, 4.69) is 47.9 Å². The van der Waals surface area contributed by atoms with Gasteiger partial charge in [0.2, 0.25) is 0 Å². The number of fused-ring (bicyclic) bond motifs is 1. The molecule has 2 aromatic heterocycles. The van der Waals surface area contributed by atoms with Gasteiger partial charge in [0.15, 0.2) is 5.65 Å². The van der Waals surface area contributed by atoms with Crippen LogP contribution in [0.1, 0.15) is 46.1 Å². The Morgan fingerprint density at radius 3 is 2.53 bits per heavy atom. The summed E-state index contributed by atoms with van der Waals surface area (Å²) in [6, 6.07) is 5.73. The summed E-state index contributed by atoms with van der Waals surface area (Å²) in [5, 5.41) is 14.4. The first-order valence-corrected chi connectivity index (χ1v) is 11.5. The number of hydrogen-bond acceptors (Lipinski definition) is 7. The molecule has 1 aromatic carbocycles. The first-order valence-electron chi connectivity index (χ1n) is 11.5. The van der Waals surface area contributed by atoms with Crippen LogP contribution in [0.25, 0.3) is 22.6 Å². The number of aromatic hydroxyl groups is 1. The van der Waals surface area contributed by atoms with Crippen LogP contribution in [0.15, 0.2) is 61.0 Å². The second-order valence-corrected chi connectivity index (χ2v) is 10.5. The Bertz CT molecular complexity index is 1240. The van der Waals surface area contributed by atoms with E-state index in [0.717, 1.165) is 29.7 Å². The number of hydrogen-bond donors (Lipinski definition) is 4. The van der Waals surface area contributed by atoms with Gasteiger partial charge in [-0.25, -0.2) is 4.98 Å². The average Bonchev–Trinajstić information content (AvgIpc) is 3.18. The summed E-state index contributed by atoms with van der Waals surface area (Å²) in [7, 11) is 2.02. The topological polar surface area (TPSA) is 118 Å². The summed E-state index contributed by atoms with van der Waals surface area (Å²) in [5.74, 6) is 0.731. The van der Waals surface area contributed by atoms with Gasteiger partial charge in [0.05, 0.1) is 23.9 Å². The third-order valence-electron chi connectivity index (χ3n) is 6.48. The molecule has 0 amide bonds. The van der Waals surface area contributed by atoms with Crippen molar-refractivity contribution < 1.29 is 5.11 Å². The van der Waals surface area contributed by atoms with Crippen LogP contribution in [-0.4, -0.2) is 48.5 Å². The molecule has 0 unspecified atom stereocenters. The van der Waals surface area contributed by atoms with Crippen LogP contribution in [0.4, 0.5) is 0 Å². The van der Waals surface area contributed by atoms with E-state index in [-0.39, 0.29) is 16.8 Å². The maximum Gasteiger partial charge on any atom is 0.155 e. The van der Waals surface area contributed by atoms with Gasteiger partial charge in [0, 0.05) is 53.4 Å². The van der Waals surface area contributed by atoms with Crippen molar-refractivity contribution in [3.05, 3.63) is 66.5 Å². The molecule has 0 radical (unpaired) electrons. The minimum atomic E-state index is 0.0285. The Kier molecular flexibility index (Phi) is 6.03. The Balaban J connectivity index is 1.53. The molecule has 6 N–H and O–H groups in total. The fraction of sp³-hybridized carbons (Fsp3) is 0.385. The highest BCUT2D eigenvalue weighted by atomic mass is 16.3. The smallest absolute Gasteiger partial charge is 0.155 e. The van der Waals surface area contributed by atoms with Crippen molar-refractivity contribution in [1.82, 2.24) is 24.6 Å². The molecule has 8 nitrogen and oxygen atoms in total. The lowest BCUT2D eigenvalue weighted by Crippen LogP contribution is -2.61. The lowest BCUT2D eigenvalue weighted by molar-refractivity contribution is 0.0981. The van der Waals surface area contributed by atoms with Crippen LogP contribution >= 0.6 is 0 Å². The normalized spacial score (nSPS) is 18.9. The minimum absolute atomic E-state index is 0.0285. The molecule has 4 rings (SSSR count). The summed E-state index contributed by atoms with van der Waals surface area (Å²) < 4.78 is 1.92. The summed E-state index contributed by atoms with van der Waals surface area (Å²) in [6.45, 7) is 8.90. The first-order chi connectivity index (χ1) is 16.0. The molecule has 1 saturated heterocycles. The fourth-order valence-electron chi connectivity index (χ4n) is 5.13. The second-order valence-electron chi connectivity index (χ2n) is 10.5. The molecule has 34 heavy (non-hydrogen) atoms. The van der Waals surface area contributed by atoms with E-state index in [1.165, 1.54) is 0 Å². The van der Waals surface area contributed by atoms with Crippen molar-refractivity contribution in [1.29, 1.82) is 0 Å². The van der Waals surface area contributed by atoms with Crippen LogP contribution in [0.5, 0.6) is 5.75 Å². The SMILES string of the molecule is CN(/C(N)=C/C=C(\N)c1ccc(-c2cnc3cnccn23)cc1O)C1CC(C)(C)NC(C)(C)C1. The van der Waals surface area contributed by atoms with Crippen molar-refractivity contribution in [3.63, 3.8) is 0 Å². The molecule has 3 heterocycles. The van der Waals surface area contributed by atoms with Crippen LogP contribution in [0.3, 0.4) is 0 Å². The van der Waals surface area contributed by atoms with Gasteiger partial charge in [-0.1, -0.05) is 6.07 Å². The largest absolute Gasteiger partial charge is 0.507 e. The minimum Gasteiger partial charge on any atom is -0.507 e. The van der Waals surface area contributed by atoms with Crippen LogP contribution in [0, 0.1) is 0 Å². The number of nitrogens with two attached hydrogens (primary N) is 2. The second kappa shape index (κ2) is 8.68. The first kappa shape index (κ1) is 23.6. The summed E-state index contributed by atoms with van der Waals surface area (Å²) in [6.07, 6.45) is 12.5. The zero-order chi connectivity index (χ0) is 24.7. The lowest BCUT2D eigenvalue weighted by atomic mass is 9.79. The van der Waals surface area contributed by atoms with Crippen LogP contribution in [0.2, 0.25) is 0 Å². The highest BCUT2D eigenvalue weighted by molar-refractivity contribution is 5.74.